The highest BCUT2D eigenvalue weighted by atomic mass is 16.5. The quantitative estimate of drug-likeness (QED) is 0.454. The third-order valence-electron chi connectivity index (χ3n) is 5.40. The number of carbonyl (C=O) groups is 1. The van der Waals surface area contributed by atoms with E-state index in [1.807, 2.05) is 60.1 Å². The number of ether oxygens (including phenoxy) is 2. The molecular weight excluding hydrogens is 420 g/mol. The Morgan fingerprint density at radius 2 is 2.09 bits per heavy atom. The summed E-state index contributed by atoms with van der Waals surface area (Å²) in [5.74, 6) is 1.38. The summed E-state index contributed by atoms with van der Waals surface area (Å²) in [6.45, 7) is 2.90. The molecule has 0 fully saturated rings. The molecule has 3 N–H and O–H groups in total. The van der Waals surface area contributed by atoms with Crippen molar-refractivity contribution in [1.29, 1.82) is 0 Å². The van der Waals surface area contributed by atoms with Crippen LogP contribution in [0.5, 0.6) is 11.5 Å². The minimum Gasteiger partial charge on any atom is -0.493 e. The Balaban J connectivity index is 1.52. The van der Waals surface area contributed by atoms with E-state index in [0.29, 0.717) is 41.8 Å². The molecule has 3 heterocycles. The van der Waals surface area contributed by atoms with Gasteiger partial charge in [-0.05, 0) is 30.7 Å². The van der Waals surface area contributed by atoms with Gasteiger partial charge in [-0.2, -0.15) is 0 Å². The number of aliphatic imine (C=N–C) groups is 1. The highest BCUT2D eigenvalue weighted by Gasteiger charge is 2.21. The van der Waals surface area contributed by atoms with E-state index in [-0.39, 0.29) is 0 Å². The number of nitrogens with zero attached hydrogens (tertiary/aromatic N) is 4. The predicted molar refractivity (Wildman–Crippen MR) is 125 cm³/mol. The maximum Gasteiger partial charge on any atom is 0.267 e. The predicted octanol–water partition coefficient (Wildman–Crippen LogP) is 3.34. The minimum atomic E-state index is -0.517. The van der Waals surface area contributed by atoms with Crippen molar-refractivity contribution in [2.24, 2.45) is 10.7 Å². The molecule has 0 saturated heterocycles. The molecule has 166 valence electrons. The largest absolute Gasteiger partial charge is 0.493 e. The second-order valence-electron chi connectivity index (χ2n) is 7.46. The van der Waals surface area contributed by atoms with E-state index in [2.05, 4.69) is 15.3 Å². The number of hydrogen-bond acceptors (Lipinski definition) is 7. The molecule has 9 nitrogen and oxygen atoms in total. The van der Waals surface area contributed by atoms with Gasteiger partial charge in [0, 0.05) is 41.5 Å². The van der Waals surface area contributed by atoms with E-state index in [4.69, 9.17) is 20.2 Å². The monoisotopic (exact) mass is 442 g/mol. The Labute approximate surface area is 189 Å². The van der Waals surface area contributed by atoms with Crippen LogP contribution in [0.2, 0.25) is 0 Å². The van der Waals surface area contributed by atoms with Gasteiger partial charge in [-0.25, -0.2) is 9.97 Å². The molecule has 1 aliphatic rings. The Bertz CT molecular complexity index is 1410. The number of aromatic nitrogens is 3. The Morgan fingerprint density at radius 3 is 2.88 bits per heavy atom. The van der Waals surface area contributed by atoms with Crippen molar-refractivity contribution in [2.45, 2.75) is 13.5 Å². The van der Waals surface area contributed by atoms with Crippen LogP contribution in [0, 0.1) is 0 Å². The standard InChI is InChI=1S/C24H22N6O3/c1-3-33-19-7-5-16(11-20(19)32-2)28-23-24-26-8-9-30(24)13-18(29-23)14-4-6-17-15(10-14)12-27-21(17)22(25)31/h4-11,13H,3,12H2,1-2H3,(H2,25,31)(H,28,29). The van der Waals surface area contributed by atoms with Gasteiger partial charge in [0.25, 0.3) is 5.91 Å². The third-order valence-corrected chi connectivity index (χ3v) is 5.40. The van der Waals surface area contributed by atoms with E-state index in [1.165, 1.54) is 0 Å². The van der Waals surface area contributed by atoms with Crippen LogP contribution in [0.25, 0.3) is 16.9 Å². The molecule has 1 amide bonds. The van der Waals surface area contributed by atoms with Crippen LogP contribution in [0.1, 0.15) is 18.1 Å². The van der Waals surface area contributed by atoms with Crippen LogP contribution >= 0.6 is 0 Å². The number of methoxy groups -OCH3 is 1. The van der Waals surface area contributed by atoms with Gasteiger partial charge >= 0.3 is 0 Å². The summed E-state index contributed by atoms with van der Waals surface area (Å²) >= 11 is 0. The SMILES string of the molecule is CCOc1ccc(Nc2nc(-c3ccc4c(c3)CN=C4C(N)=O)cn3ccnc23)cc1OC. The topological polar surface area (TPSA) is 116 Å². The van der Waals surface area contributed by atoms with Crippen molar-refractivity contribution in [3.63, 3.8) is 0 Å². The lowest BCUT2D eigenvalue weighted by Crippen LogP contribution is -2.22. The average Bonchev–Trinajstić information content (AvgIpc) is 3.46. The van der Waals surface area contributed by atoms with Crippen LogP contribution in [-0.4, -0.2) is 39.7 Å². The molecule has 2 aromatic carbocycles. The number of nitrogens with two attached hydrogens (primary N) is 1. The molecular formula is C24H22N6O3. The summed E-state index contributed by atoms with van der Waals surface area (Å²) in [6.07, 6.45) is 5.51. The molecule has 0 bridgehead atoms. The minimum absolute atomic E-state index is 0.321. The highest BCUT2D eigenvalue weighted by molar-refractivity contribution is 6.45. The van der Waals surface area contributed by atoms with Gasteiger partial charge in [0.05, 0.1) is 26.0 Å². The first-order valence-corrected chi connectivity index (χ1v) is 10.5. The summed E-state index contributed by atoms with van der Waals surface area (Å²) in [5.41, 5.74) is 10.6. The van der Waals surface area contributed by atoms with Crippen molar-refractivity contribution >= 4 is 28.8 Å². The van der Waals surface area contributed by atoms with E-state index in [9.17, 15) is 4.79 Å². The zero-order valence-corrected chi connectivity index (χ0v) is 18.2. The maximum absolute atomic E-state index is 11.6. The van der Waals surface area contributed by atoms with E-state index in [1.54, 1.807) is 13.3 Å². The van der Waals surface area contributed by atoms with Gasteiger partial charge in [0.1, 0.15) is 5.71 Å². The van der Waals surface area contributed by atoms with Crippen LogP contribution in [0.15, 0.2) is 60.0 Å². The fraction of sp³-hybridized carbons (Fsp3) is 0.167. The Morgan fingerprint density at radius 1 is 1.21 bits per heavy atom. The number of nitrogens with one attached hydrogen (secondary N) is 1. The molecule has 9 heteroatoms. The number of benzene rings is 2. The van der Waals surface area contributed by atoms with Crippen LogP contribution < -0.4 is 20.5 Å². The molecule has 2 aromatic heterocycles. The van der Waals surface area contributed by atoms with Gasteiger partial charge in [0.15, 0.2) is 23.0 Å². The van der Waals surface area contributed by atoms with Crippen molar-refractivity contribution < 1.29 is 14.3 Å². The molecule has 0 aliphatic carbocycles. The number of rotatable bonds is 7. The molecule has 0 atom stereocenters. The number of anilines is 2. The van der Waals surface area contributed by atoms with Crippen LogP contribution in [-0.2, 0) is 11.3 Å². The third kappa shape index (κ3) is 3.73. The molecule has 0 saturated carbocycles. The molecule has 4 aromatic rings. The van der Waals surface area contributed by atoms with Crippen molar-refractivity contribution in [1.82, 2.24) is 14.4 Å². The molecule has 5 rings (SSSR count). The zero-order valence-electron chi connectivity index (χ0n) is 18.2. The maximum atomic E-state index is 11.6. The summed E-state index contributed by atoms with van der Waals surface area (Å²) in [5, 5.41) is 3.35. The first kappa shape index (κ1) is 20.5. The smallest absolute Gasteiger partial charge is 0.267 e. The number of fused-ring (bicyclic) bond motifs is 2. The van der Waals surface area contributed by atoms with Gasteiger partial charge in [-0.3, -0.25) is 9.79 Å². The molecule has 0 radical (unpaired) electrons. The van der Waals surface area contributed by atoms with E-state index < -0.39 is 5.91 Å². The Hall–Kier alpha value is -4.40. The molecule has 1 aliphatic heterocycles. The van der Waals surface area contributed by atoms with Crippen molar-refractivity contribution in [2.75, 3.05) is 19.0 Å². The number of amides is 1. The van der Waals surface area contributed by atoms with Crippen molar-refractivity contribution in [3.8, 4) is 22.8 Å². The fourth-order valence-electron chi connectivity index (χ4n) is 3.89. The zero-order chi connectivity index (χ0) is 22.9. The Kier molecular flexibility index (Phi) is 5.14. The molecule has 33 heavy (non-hydrogen) atoms. The lowest BCUT2D eigenvalue weighted by atomic mass is 10.0. The van der Waals surface area contributed by atoms with Gasteiger partial charge in [-0.15, -0.1) is 0 Å². The second-order valence-corrected chi connectivity index (χ2v) is 7.46. The van der Waals surface area contributed by atoms with Crippen molar-refractivity contribution in [3.05, 3.63) is 66.1 Å². The number of primary amides is 1. The van der Waals surface area contributed by atoms with Gasteiger partial charge < -0.3 is 24.9 Å². The number of hydrogen-bond donors (Lipinski definition) is 2. The second kappa shape index (κ2) is 8.27. The van der Waals surface area contributed by atoms with Crippen LogP contribution in [0.4, 0.5) is 11.5 Å². The van der Waals surface area contributed by atoms with Crippen LogP contribution in [0.3, 0.4) is 0 Å². The summed E-state index contributed by atoms with van der Waals surface area (Å²) in [7, 11) is 1.61. The normalized spacial score (nSPS) is 12.4. The lowest BCUT2D eigenvalue weighted by Gasteiger charge is -2.13. The lowest BCUT2D eigenvalue weighted by molar-refractivity contribution is -0.111. The summed E-state index contributed by atoms with van der Waals surface area (Å²) in [6, 6.07) is 11.4. The highest BCUT2D eigenvalue weighted by Crippen LogP contribution is 2.33. The fourth-order valence-corrected chi connectivity index (χ4v) is 3.89. The van der Waals surface area contributed by atoms with E-state index >= 15 is 0 Å². The van der Waals surface area contributed by atoms with Gasteiger partial charge in [-0.1, -0.05) is 12.1 Å². The summed E-state index contributed by atoms with van der Waals surface area (Å²) < 4.78 is 13.0. The average molecular weight is 442 g/mol. The number of imidazole rings is 1. The van der Waals surface area contributed by atoms with E-state index in [0.717, 1.165) is 28.1 Å². The first-order chi connectivity index (χ1) is 16.1. The first-order valence-electron chi connectivity index (χ1n) is 10.5. The molecule has 0 spiro atoms. The molecule has 0 unspecified atom stereocenters. The number of carbonyl (C=O) groups excluding carboxylic acids is 1. The van der Waals surface area contributed by atoms with Gasteiger partial charge in [0.2, 0.25) is 0 Å². The summed E-state index contributed by atoms with van der Waals surface area (Å²) in [4.78, 5) is 25.1.